The highest BCUT2D eigenvalue weighted by molar-refractivity contribution is 7.91. The van der Waals surface area contributed by atoms with Crippen LogP contribution in [0, 0.1) is 5.92 Å². The summed E-state index contributed by atoms with van der Waals surface area (Å²) < 4.78 is 66.8. The number of amides is 1. The maximum atomic E-state index is 12.8. The zero-order chi connectivity index (χ0) is 26.6. The molecule has 37 heavy (non-hydrogen) atoms. The predicted octanol–water partition coefficient (Wildman–Crippen LogP) is 6.47. The lowest BCUT2D eigenvalue weighted by molar-refractivity contribution is -0.137. The molecule has 198 valence electrons. The minimum atomic E-state index is -4.42. The summed E-state index contributed by atoms with van der Waals surface area (Å²) in [5.41, 5.74) is 2.54. The summed E-state index contributed by atoms with van der Waals surface area (Å²) in [5, 5.41) is 2.83. The van der Waals surface area contributed by atoms with Gasteiger partial charge < -0.3 is 5.32 Å². The summed E-state index contributed by atoms with van der Waals surface area (Å²) in [6.07, 6.45) is -0.0631. The Morgan fingerprint density at radius 3 is 2.46 bits per heavy atom. The number of hydrogen-bond acceptors (Lipinski definition) is 4. The number of aryl methyl sites for hydroxylation is 1. The second-order valence-corrected chi connectivity index (χ2v) is 12.8. The van der Waals surface area contributed by atoms with Crippen molar-refractivity contribution < 1.29 is 26.4 Å². The molecule has 1 aliphatic rings. The third kappa shape index (κ3) is 7.56. The smallest absolute Gasteiger partial charge is 0.326 e. The Kier molecular flexibility index (Phi) is 8.63. The molecule has 0 radical (unpaired) electrons. The molecule has 1 heterocycles. The summed E-state index contributed by atoms with van der Waals surface area (Å²) in [5.74, 6) is -0.244. The number of carbonyl (C=O) groups is 1. The van der Waals surface area contributed by atoms with Crippen LogP contribution in [-0.4, -0.2) is 20.9 Å². The number of benzene rings is 2. The minimum Gasteiger partial charge on any atom is -0.326 e. The molecule has 2 aromatic carbocycles. The Hall–Kier alpha value is -2.40. The van der Waals surface area contributed by atoms with Crippen LogP contribution in [0.4, 0.5) is 18.9 Å². The monoisotopic (exact) mass is 570 g/mol. The van der Waals surface area contributed by atoms with E-state index in [2.05, 4.69) is 10.0 Å². The number of fused-ring (bicyclic) bond motifs is 1. The van der Waals surface area contributed by atoms with Gasteiger partial charge >= 0.3 is 6.18 Å². The van der Waals surface area contributed by atoms with Gasteiger partial charge in [0.15, 0.2) is 0 Å². The highest BCUT2D eigenvalue weighted by Crippen LogP contribution is 2.30. The Bertz CT molecular complexity index is 1360. The molecule has 1 aromatic heterocycles. The largest absolute Gasteiger partial charge is 0.416 e. The maximum absolute atomic E-state index is 12.8. The SMILES string of the molecule is O=C(Cc1ccc(C(F)(F)F)cc1)Nc1ccc2c(c1)CC(CNS(=O)(=O)c1ccc(Cl)s1)CCCC2. The van der Waals surface area contributed by atoms with E-state index in [9.17, 15) is 26.4 Å². The van der Waals surface area contributed by atoms with Gasteiger partial charge in [0.2, 0.25) is 15.9 Å². The highest BCUT2D eigenvalue weighted by atomic mass is 35.5. The zero-order valence-corrected chi connectivity index (χ0v) is 22.2. The number of thiophene rings is 1. The molecule has 5 nitrogen and oxygen atoms in total. The highest BCUT2D eigenvalue weighted by Gasteiger charge is 2.30. The van der Waals surface area contributed by atoms with Crippen LogP contribution in [0.1, 0.15) is 41.5 Å². The lowest BCUT2D eigenvalue weighted by Gasteiger charge is -2.23. The Labute approximate surface area is 223 Å². The van der Waals surface area contributed by atoms with E-state index >= 15 is 0 Å². The Balaban J connectivity index is 1.40. The van der Waals surface area contributed by atoms with Gasteiger partial charge in [0.05, 0.1) is 16.3 Å². The number of sulfonamides is 1. The number of nitrogens with one attached hydrogen (secondary N) is 2. The van der Waals surface area contributed by atoms with Crippen LogP contribution < -0.4 is 10.0 Å². The Morgan fingerprint density at radius 1 is 1.03 bits per heavy atom. The molecule has 2 N–H and O–H groups in total. The summed E-state index contributed by atoms with van der Waals surface area (Å²) >= 11 is 6.90. The van der Waals surface area contributed by atoms with Crippen LogP contribution >= 0.6 is 22.9 Å². The zero-order valence-electron chi connectivity index (χ0n) is 19.8. The van der Waals surface area contributed by atoms with Crippen molar-refractivity contribution in [2.45, 2.75) is 48.9 Å². The van der Waals surface area contributed by atoms with Gasteiger partial charge in [-0.3, -0.25) is 4.79 Å². The standard InChI is InChI=1S/C26H26ClF3N2O3S2/c27-23-11-12-25(36-23)37(34,35)31-16-18-3-1-2-4-19-7-10-22(15-20(19)13-18)32-24(33)14-17-5-8-21(9-6-17)26(28,29)30/h5-12,15,18,31H,1-4,13-14,16H2,(H,32,33). The fraction of sp³-hybridized carbons (Fsp3) is 0.346. The number of halogens is 4. The topological polar surface area (TPSA) is 75.3 Å². The van der Waals surface area contributed by atoms with E-state index in [0.29, 0.717) is 28.6 Å². The van der Waals surface area contributed by atoms with E-state index in [1.165, 1.54) is 23.8 Å². The minimum absolute atomic E-state index is 0.0492. The van der Waals surface area contributed by atoms with Crippen molar-refractivity contribution in [1.29, 1.82) is 0 Å². The van der Waals surface area contributed by atoms with Gasteiger partial charge in [-0.1, -0.05) is 36.2 Å². The number of carbonyl (C=O) groups excluding carboxylic acids is 1. The number of alkyl halides is 3. The van der Waals surface area contributed by atoms with Gasteiger partial charge in [0.1, 0.15) is 4.21 Å². The van der Waals surface area contributed by atoms with Crippen molar-refractivity contribution in [3.8, 4) is 0 Å². The molecule has 1 atom stereocenters. The molecule has 1 aliphatic carbocycles. The van der Waals surface area contributed by atoms with Crippen molar-refractivity contribution in [2.24, 2.45) is 5.92 Å². The van der Waals surface area contributed by atoms with Crippen LogP contribution in [0.3, 0.4) is 0 Å². The first-order chi connectivity index (χ1) is 17.5. The van der Waals surface area contributed by atoms with E-state index in [1.807, 2.05) is 18.2 Å². The van der Waals surface area contributed by atoms with E-state index in [-0.39, 0.29) is 22.5 Å². The fourth-order valence-electron chi connectivity index (χ4n) is 4.42. The second-order valence-electron chi connectivity index (χ2n) is 9.13. The van der Waals surface area contributed by atoms with Gasteiger partial charge in [0, 0.05) is 12.2 Å². The fourth-order valence-corrected chi connectivity index (χ4v) is 7.06. The third-order valence-corrected chi connectivity index (χ3v) is 9.48. The molecule has 11 heteroatoms. The van der Waals surface area contributed by atoms with Crippen LogP contribution in [0.2, 0.25) is 4.34 Å². The third-order valence-electron chi connectivity index (χ3n) is 6.33. The predicted molar refractivity (Wildman–Crippen MR) is 139 cm³/mol. The number of anilines is 1. The summed E-state index contributed by atoms with van der Waals surface area (Å²) in [6, 6.07) is 13.3. The van der Waals surface area contributed by atoms with Crippen LogP contribution in [-0.2, 0) is 40.3 Å². The maximum Gasteiger partial charge on any atom is 0.416 e. The van der Waals surface area contributed by atoms with E-state index in [4.69, 9.17) is 11.6 Å². The lowest BCUT2D eigenvalue weighted by atomic mass is 9.86. The van der Waals surface area contributed by atoms with Crippen molar-refractivity contribution in [3.63, 3.8) is 0 Å². The van der Waals surface area contributed by atoms with Crippen molar-refractivity contribution >= 4 is 44.6 Å². The first-order valence-electron chi connectivity index (χ1n) is 11.8. The van der Waals surface area contributed by atoms with Crippen LogP contribution in [0.15, 0.2) is 58.8 Å². The van der Waals surface area contributed by atoms with E-state index < -0.39 is 21.8 Å². The lowest BCUT2D eigenvalue weighted by Crippen LogP contribution is -2.30. The van der Waals surface area contributed by atoms with Crippen molar-refractivity contribution in [3.05, 3.63) is 81.2 Å². The molecule has 1 unspecified atom stereocenters. The molecule has 0 saturated carbocycles. The number of hydrogen-bond donors (Lipinski definition) is 2. The van der Waals surface area contributed by atoms with Gasteiger partial charge in [-0.15, -0.1) is 11.3 Å². The van der Waals surface area contributed by atoms with Gasteiger partial charge in [-0.25, -0.2) is 13.1 Å². The molecule has 4 rings (SSSR count). The molecule has 0 spiro atoms. The normalized spacial score (nSPS) is 16.5. The molecular formula is C26H26ClF3N2O3S2. The average Bonchev–Trinajstić information content (AvgIpc) is 3.26. The summed E-state index contributed by atoms with van der Waals surface area (Å²) in [6.45, 7) is 0.293. The second kappa shape index (κ2) is 11.6. The average molecular weight is 571 g/mol. The first-order valence-corrected chi connectivity index (χ1v) is 14.5. The van der Waals surface area contributed by atoms with Gasteiger partial charge in [-0.2, -0.15) is 13.2 Å². The molecule has 3 aromatic rings. The summed E-state index contributed by atoms with van der Waals surface area (Å²) in [7, 11) is -3.64. The van der Waals surface area contributed by atoms with Gasteiger partial charge in [-0.05, 0) is 84.7 Å². The van der Waals surface area contributed by atoms with Crippen LogP contribution in [0.5, 0.6) is 0 Å². The molecule has 0 aliphatic heterocycles. The molecule has 0 fully saturated rings. The van der Waals surface area contributed by atoms with E-state index in [1.54, 1.807) is 6.07 Å². The molecule has 0 bridgehead atoms. The van der Waals surface area contributed by atoms with Crippen LogP contribution in [0.25, 0.3) is 0 Å². The quantitative estimate of drug-likeness (QED) is 0.342. The summed E-state index contributed by atoms with van der Waals surface area (Å²) in [4.78, 5) is 12.5. The molecular weight excluding hydrogens is 545 g/mol. The van der Waals surface area contributed by atoms with Crippen molar-refractivity contribution in [2.75, 3.05) is 11.9 Å². The van der Waals surface area contributed by atoms with Gasteiger partial charge in [0.25, 0.3) is 0 Å². The van der Waals surface area contributed by atoms with E-state index in [0.717, 1.165) is 54.7 Å². The molecule has 0 saturated heterocycles. The first kappa shape index (κ1) is 27.6. The Morgan fingerprint density at radius 2 is 1.78 bits per heavy atom. The number of rotatable bonds is 7. The molecule has 1 amide bonds. The van der Waals surface area contributed by atoms with Crippen molar-refractivity contribution in [1.82, 2.24) is 4.72 Å².